The van der Waals surface area contributed by atoms with Gasteiger partial charge in [-0.2, -0.15) is 0 Å². The molecule has 0 aliphatic heterocycles. The van der Waals surface area contributed by atoms with Crippen molar-refractivity contribution in [1.29, 1.82) is 0 Å². The van der Waals surface area contributed by atoms with Crippen LogP contribution in [0.25, 0.3) is 0 Å². The minimum atomic E-state index is 0.446. The highest BCUT2D eigenvalue weighted by Crippen LogP contribution is 2.15. The summed E-state index contributed by atoms with van der Waals surface area (Å²) >= 11 is 0. The lowest BCUT2D eigenvalue weighted by molar-refractivity contribution is 0.431. The van der Waals surface area contributed by atoms with E-state index >= 15 is 0 Å². The molecule has 0 amide bonds. The van der Waals surface area contributed by atoms with Crippen LogP contribution in [-0.2, 0) is 9.59 Å². The van der Waals surface area contributed by atoms with E-state index in [-0.39, 0.29) is 0 Å². The maximum absolute atomic E-state index is 9.90. The highest BCUT2D eigenvalue weighted by molar-refractivity contribution is 5.32. The summed E-state index contributed by atoms with van der Waals surface area (Å²) in [5, 5.41) is 0. The van der Waals surface area contributed by atoms with Gasteiger partial charge in [-0.3, -0.25) is 0 Å². The molecule has 0 fully saturated rings. The molecule has 0 aliphatic rings. The fourth-order valence-corrected chi connectivity index (χ4v) is 1.57. The second kappa shape index (κ2) is 10.3. The maximum atomic E-state index is 9.90. The molecule has 0 N–H and O–H groups in total. The first-order chi connectivity index (χ1) is 7.70. The van der Waals surface area contributed by atoms with E-state index in [0.29, 0.717) is 24.9 Å². The third kappa shape index (κ3) is 9.32. The number of isocyanates is 2. The normalized spacial score (nSPS) is 13.4. The van der Waals surface area contributed by atoms with Gasteiger partial charge < -0.3 is 0 Å². The first kappa shape index (κ1) is 14.8. The summed E-state index contributed by atoms with van der Waals surface area (Å²) in [6.45, 7) is 5.40. The number of nitrogens with zero attached hydrogens (tertiary/aromatic N) is 2. The second-order valence-electron chi connectivity index (χ2n) is 4.33. The number of aliphatic imine (C=N–C) groups is 2. The van der Waals surface area contributed by atoms with E-state index in [0.717, 1.165) is 25.7 Å². The molecular formula is C12H20N2O2. The fourth-order valence-electron chi connectivity index (χ4n) is 1.57. The first-order valence-electron chi connectivity index (χ1n) is 5.78. The zero-order chi connectivity index (χ0) is 12.2. The summed E-state index contributed by atoms with van der Waals surface area (Å²) < 4.78 is 0. The van der Waals surface area contributed by atoms with Crippen molar-refractivity contribution in [3.63, 3.8) is 0 Å². The molecule has 2 atom stereocenters. The lowest BCUT2D eigenvalue weighted by atomic mass is 9.97. The second-order valence-corrected chi connectivity index (χ2v) is 4.33. The van der Waals surface area contributed by atoms with Gasteiger partial charge in [0, 0.05) is 0 Å². The van der Waals surface area contributed by atoms with E-state index in [9.17, 15) is 9.59 Å². The molecule has 0 spiro atoms. The van der Waals surface area contributed by atoms with Crippen LogP contribution in [0.2, 0.25) is 0 Å². The van der Waals surface area contributed by atoms with Gasteiger partial charge in [0.15, 0.2) is 0 Å². The van der Waals surface area contributed by atoms with Gasteiger partial charge in [0.25, 0.3) is 0 Å². The van der Waals surface area contributed by atoms with Gasteiger partial charge in [-0.1, -0.05) is 26.7 Å². The smallest absolute Gasteiger partial charge is 0.211 e. The van der Waals surface area contributed by atoms with Gasteiger partial charge in [-0.15, -0.1) is 0 Å². The molecule has 0 rings (SSSR count). The highest BCUT2D eigenvalue weighted by atomic mass is 16.1. The van der Waals surface area contributed by atoms with Crippen molar-refractivity contribution in [3.8, 4) is 0 Å². The summed E-state index contributed by atoms with van der Waals surface area (Å²) in [6.07, 6.45) is 7.38. The van der Waals surface area contributed by atoms with Crippen LogP contribution in [0.15, 0.2) is 9.98 Å². The quantitative estimate of drug-likeness (QED) is 0.446. The van der Waals surface area contributed by atoms with E-state index in [4.69, 9.17) is 0 Å². The number of rotatable bonds is 9. The molecule has 0 bridgehead atoms. The Morgan fingerprint density at radius 2 is 1.56 bits per heavy atom. The molecule has 90 valence electrons. The van der Waals surface area contributed by atoms with Gasteiger partial charge in [-0.25, -0.2) is 19.6 Å². The molecule has 16 heavy (non-hydrogen) atoms. The Hall–Kier alpha value is -1.24. The third-order valence-electron chi connectivity index (χ3n) is 2.66. The molecule has 4 heteroatoms. The minimum absolute atomic E-state index is 0.446. The number of hydrogen-bond acceptors (Lipinski definition) is 4. The van der Waals surface area contributed by atoms with Gasteiger partial charge >= 0.3 is 0 Å². The molecule has 0 saturated heterocycles. The SMILES string of the molecule is CC(CCCC(C)CN=C=O)CCN=C=O. The first-order valence-corrected chi connectivity index (χ1v) is 5.78. The van der Waals surface area contributed by atoms with Gasteiger partial charge in [0.05, 0.1) is 13.1 Å². The lowest BCUT2D eigenvalue weighted by Crippen LogP contribution is -2.02. The summed E-state index contributed by atoms with van der Waals surface area (Å²) in [5.74, 6) is 1.03. The van der Waals surface area contributed by atoms with Crippen LogP contribution in [-0.4, -0.2) is 25.2 Å². The highest BCUT2D eigenvalue weighted by Gasteiger charge is 2.04. The van der Waals surface area contributed by atoms with Crippen LogP contribution in [0, 0.1) is 11.8 Å². The summed E-state index contributed by atoms with van der Waals surface area (Å²) in [7, 11) is 0. The van der Waals surface area contributed by atoms with E-state index in [2.05, 4.69) is 23.8 Å². The molecule has 0 aliphatic carbocycles. The van der Waals surface area contributed by atoms with Crippen molar-refractivity contribution in [2.24, 2.45) is 21.8 Å². The fraction of sp³-hybridized carbons (Fsp3) is 0.833. The Bertz CT molecular complexity index is 266. The monoisotopic (exact) mass is 224 g/mol. The Balaban J connectivity index is 3.48. The largest absolute Gasteiger partial charge is 0.234 e. The van der Waals surface area contributed by atoms with Crippen molar-refractivity contribution >= 4 is 12.2 Å². The average Bonchev–Trinajstić information content (AvgIpc) is 2.26. The molecule has 0 aromatic carbocycles. The summed E-state index contributed by atoms with van der Waals surface area (Å²) in [5.41, 5.74) is 0. The Kier molecular flexibility index (Phi) is 9.49. The van der Waals surface area contributed by atoms with Crippen LogP contribution in [0.5, 0.6) is 0 Å². The van der Waals surface area contributed by atoms with Gasteiger partial charge in [-0.05, 0) is 24.7 Å². The topological polar surface area (TPSA) is 58.9 Å². The number of hydrogen-bond donors (Lipinski definition) is 0. The summed E-state index contributed by atoms with van der Waals surface area (Å²) in [4.78, 5) is 26.9. The van der Waals surface area contributed by atoms with Crippen LogP contribution < -0.4 is 0 Å². The zero-order valence-corrected chi connectivity index (χ0v) is 10.1. The lowest BCUT2D eigenvalue weighted by Gasteiger charge is -2.11. The minimum Gasteiger partial charge on any atom is -0.211 e. The van der Waals surface area contributed by atoms with Crippen LogP contribution in [0.3, 0.4) is 0 Å². The van der Waals surface area contributed by atoms with Gasteiger partial charge in [0.2, 0.25) is 12.2 Å². The molecule has 0 heterocycles. The van der Waals surface area contributed by atoms with Gasteiger partial charge in [0.1, 0.15) is 0 Å². The van der Waals surface area contributed by atoms with Crippen LogP contribution >= 0.6 is 0 Å². The van der Waals surface area contributed by atoms with Crippen LogP contribution in [0.4, 0.5) is 0 Å². The molecule has 0 aromatic heterocycles. The van der Waals surface area contributed by atoms with E-state index in [1.807, 2.05) is 0 Å². The standard InChI is InChI=1S/C12H20N2O2/c1-11(6-7-13-9-15)4-3-5-12(2)8-14-10-16/h11-12H,3-8H2,1-2H3. The third-order valence-corrected chi connectivity index (χ3v) is 2.66. The van der Waals surface area contributed by atoms with Crippen molar-refractivity contribution in [1.82, 2.24) is 0 Å². The van der Waals surface area contributed by atoms with E-state index in [1.165, 1.54) is 0 Å². The Morgan fingerprint density at radius 3 is 2.19 bits per heavy atom. The molecule has 4 nitrogen and oxygen atoms in total. The Labute approximate surface area is 96.9 Å². The van der Waals surface area contributed by atoms with Crippen LogP contribution in [0.1, 0.15) is 39.5 Å². The van der Waals surface area contributed by atoms with Crippen molar-refractivity contribution < 1.29 is 9.59 Å². The van der Waals surface area contributed by atoms with E-state index in [1.54, 1.807) is 12.2 Å². The molecular weight excluding hydrogens is 204 g/mol. The van der Waals surface area contributed by atoms with E-state index < -0.39 is 0 Å². The zero-order valence-electron chi connectivity index (χ0n) is 10.1. The summed E-state index contributed by atoms with van der Waals surface area (Å²) in [6, 6.07) is 0. The number of carbonyl (C=O) groups excluding carboxylic acids is 2. The molecule has 0 radical (unpaired) electrons. The molecule has 2 unspecified atom stereocenters. The Morgan fingerprint density at radius 1 is 0.938 bits per heavy atom. The molecule has 0 saturated carbocycles. The molecule has 0 aromatic rings. The van der Waals surface area contributed by atoms with Crippen molar-refractivity contribution in [2.45, 2.75) is 39.5 Å². The predicted octanol–water partition coefficient (Wildman–Crippen LogP) is 2.49. The van der Waals surface area contributed by atoms with Crippen molar-refractivity contribution in [2.75, 3.05) is 13.1 Å². The predicted molar refractivity (Wildman–Crippen MR) is 62.8 cm³/mol. The maximum Gasteiger partial charge on any atom is 0.234 e. The average molecular weight is 224 g/mol. The van der Waals surface area contributed by atoms with Crippen molar-refractivity contribution in [3.05, 3.63) is 0 Å².